The van der Waals surface area contributed by atoms with Crippen LogP contribution in [0.15, 0.2) is 41.3 Å². The molecule has 1 N–H and O–H groups in total. The Bertz CT molecular complexity index is 796. The number of aromatic amines is 1. The third-order valence-corrected chi connectivity index (χ3v) is 4.14. The third kappa shape index (κ3) is 2.25. The van der Waals surface area contributed by atoms with Crippen molar-refractivity contribution in [3.05, 3.63) is 46.8 Å². The lowest BCUT2D eigenvalue weighted by Crippen LogP contribution is -2.01. The molecule has 0 spiro atoms. The quantitative estimate of drug-likeness (QED) is 0.772. The van der Waals surface area contributed by atoms with Crippen LogP contribution in [0, 0.1) is 0 Å². The second-order valence-electron chi connectivity index (χ2n) is 4.77. The van der Waals surface area contributed by atoms with Crippen LogP contribution in [0.5, 0.6) is 0 Å². The number of fused-ring (bicyclic) bond motifs is 1. The van der Waals surface area contributed by atoms with Crippen molar-refractivity contribution in [3.8, 4) is 11.4 Å². The monoisotopic (exact) mass is 345 g/mol. The molecular formula is C15H12BrN3O2. The minimum absolute atomic E-state index is 0.344. The predicted octanol–water partition coefficient (Wildman–Crippen LogP) is 3.43. The summed E-state index contributed by atoms with van der Waals surface area (Å²) in [5.41, 5.74) is 3.53. The number of ether oxygens (including phenoxy) is 2. The topological polar surface area (TPSA) is 60.0 Å². The first-order chi connectivity index (χ1) is 10.3. The number of pyridine rings is 2. The normalized spacial score (nSPS) is 15.9. The lowest BCUT2D eigenvalue weighted by Gasteiger charge is -2.12. The molecule has 0 unspecified atom stereocenters. The van der Waals surface area contributed by atoms with E-state index in [0.717, 1.165) is 32.3 Å². The maximum atomic E-state index is 5.57. The van der Waals surface area contributed by atoms with E-state index < -0.39 is 0 Å². The Hall–Kier alpha value is -1.76. The van der Waals surface area contributed by atoms with Crippen LogP contribution in [0.3, 0.4) is 0 Å². The molecule has 1 saturated heterocycles. The van der Waals surface area contributed by atoms with Gasteiger partial charge in [-0.25, -0.2) is 0 Å². The Morgan fingerprint density at radius 2 is 2.05 bits per heavy atom. The lowest BCUT2D eigenvalue weighted by atomic mass is 10.1. The Balaban J connectivity index is 1.85. The Labute approximate surface area is 129 Å². The van der Waals surface area contributed by atoms with Gasteiger partial charge >= 0.3 is 0 Å². The van der Waals surface area contributed by atoms with E-state index >= 15 is 0 Å². The zero-order valence-electron chi connectivity index (χ0n) is 11.0. The zero-order valence-corrected chi connectivity index (χ0v) is 12.6. The molecule has 21 heavy (non-hydrogen) atoms. The molecule has 0 aromatic carbocycles. The smallest absolute Gasteiger partial charge is 0.185 e. The first-order valence-corrected chi connectivity index (χ1v) is 7.43. The van der Waals surface area contributed by atoms with Crippen molar-refractivity contribution >= 4 is 26.8 Å². The van der Waals surface area contributed by atoms with Gasteiger partial charge in [0.1, 0.15) is 5.69 Å². The van der Waals surface area contributed by atoms with Crippen LogP contribution < -0.4 is 0 Å². The zero-order chi connectivity index (χ0) is 14.2. The molecule has 5 nitrogen and oxygen atoms in total. The highest BCUT2D eigenvalue weighted by Gasteiger charge is 2.22. The van der Waals surface area contributed by atoms with Crippen LogP contribution in [0.1, 0.15) is 11.9 Å². The SMILES string of the molecule is Brc1cnc(-c2nccc3cc[nH]c23)cc1C1OCCO1. The minimum atomic E-state index is -0.344. The van der Waals surface area contributed by atoms with Crippen molar-refractivity contribution in [3.63, 3.8) is 0 Å². The van der Waals surface area contributed by atoms with Gasteiger partial charge in [0, 0.05) is 34.0 Å². The van der Waals surface area contributed by atoms with Gasteiger partial charge in [0.15, 0.2) is 6.29 Å². The highest BCUT2D eigenvalue weighted by Crippen LogP contribution is 2.33. The molecule has 6 heteroatoms. The molecule has 0 amide bonds. The standard InChI is InChI=1S/C15H12BrN3O2/c16-11-8-19-12(7-10(11)15-20-5-6-21-15)14-13-9(1-3-17-13)2-4-18-14/h1-4,7-8,15,17H,5-6H2. The van der Waals surface area contributed by atoms with Crippen LogP contribution in [-0.2, 0) is 9.47 Å². The molecule has 1 aliphatic heterocycles. The summed E-state index contributed by atoms with van der Waals surface area (Å²) in [6.45, 7) is 1.22. The van der Waals surface area contributed by atoms with Gasteiger partial charge in [-0.15, -0.1) is 0 Å². The van der Waals surface area contributed by atoms with Crippen molar-refractivity contribution < 1.29 is 9.47 Å². The number of H-pyrrole nitrogens is 1. The van der Waals surface area contributed by atoms with E-state index in [-0.39, 0.29) is 6.29 Å². The fraction of sp³-hybridized carbons (Fsp3) is 0.200. The van der Waals surface area contributed by atoms with Crippen LogP contribution in [0.2, 0.25) is 0 Å². The van der Waals surface area contributed by atoms with E-state index in [2.05, 4.69) is 30.9 Å². The molecule has 0 aliphatic carbocycles. The van der Waals surface area contributed by atoms with E-state index in [1.54, 1.807) is 12.4 Å². The number of hydrogen-bond acceptors (Lipinski definition) is 4. The van der Waals surface area contributed by atoms with Crippen LogP contribution in [0.4, 0.5) is 0 Å². The van der Waals surface area contributed by atoms with Gasteiger partial charge in [-0.2, -0.15) is 0 Å². The molecule has 0 bridgehead atoms. The summed E-state index contributed by atoms with van der Waals surface area (Å²) in [4.78, 5) is 12.1. The third-order valence-electron chi connectivity index (χ3n) is 3.48. The van der Waals surface area contributed by atoms with Crippen molar-refractivity contribution in [2.45, 2.75) is 6.29 Å². The molecule has 1 fully saturated rings. The average Bonchev–Trinajstić information content (AvgIpc) is 3.18. The van der Waals surface area contributed by atoms with E-state index in [9.17, 15) is 0 Å². The summed E-state index contributed by atoms with van der Waals surface area (Å²) in [5, 5.41) is 1.11. The van der Waals surface area contributed by atoms with Crippen LogP contribution in [0.25, 0.3) is 22.3 Å². The number of nitrogens with one attached hydrogen (secondary N) is 1. The number of rotatable bonds is 2. The van der Waals surface area contributed by atoms with Gasteiger partial charge in [0.25, 0.3) is 0 Å². The number of hydrogen-bond donors (Lipinski definition) is 1. The first-order valence-electron chi connectivity index (χ1n) is 6.64. The maximum absolute atomic E-state index is 5.57. The summed E-state index contributed by atoms with van der Waals surface area (Å²) in [6, 6.07) is 5.95. The second kappa shape index (κ2) is 5.22. The Morgan fingerprint density at radius 3 is 2.90 bits per heavy atom. The molecule has 3 aromatic heterocycles. The Morgan fingerprint density at radius 1 is 1.19 bits per heavy atom. The molecular weight excluding hydrogens is 334 g/mol. The highest BCUT2D eigenvalue weighted by atomic mass is 79.9. The van der Waals surface area contributed by atoms with Crippen molar-refractivity contribution in [2.24, 2.45) is 0 Å². The minimum Gasteiger partial charge on any atom is -0.359 e. The highest BCUT2D eigenvalue weighted by molar-refractivity contribution is 9.10. The van der Waals surface area contributed by atoms with Gasteiger partial charge in [0.05, 0.1) is 24.4 Å². The second-order valence-corrected chi connectivity index (χ2v) is 5.62. The summed E-state index contributed by atoms with van der Waals surface area (Å²) in [6.07, 6.45) is 5.11. The fourth-order valence-corrected chi connectivity index (χ4v) is 2.88. The van der Waals surface area contributed by atoms with Gasteiger partial charge in [0.2, 0.25) is 0 Å². The molecule has 4 rings (SSSR count). The van der Waals surface area contributed by atoms with Gasteiger partial charge in [-0.3, -0.25) is 9.97 Å². The molecule has 3 aromatic rings. The largest absolute Gasteiger partial charge is 0.359 e. The van der Waals surface area contributed by atoms with E-state index in [0.29, 0.717) is 13.2 Å². The molecule has 0 radical (unpaired) electrons. The van der Waals surface area contributed by atoms with Gasteiger partial charge in [-0.05, 0) is 34.1 Å². The lowest BCUT2D eigenvalue weighted by molar-refractivity contribution is -0.0446. The van der Waals surface area contributed by atoms with Gasteiger partial charge in [-0.1, -0.05) is 0 Å². The molecule has 1 aliphatic rings. The van der Waals surface area contributed by atoms with E-state index in [1.165, 1.54) is 0 Å². The predicted molar refractivity (Wildman–Crippen MR) is 81.7 cm³/mol. The summed E-state index contributed by atoms with van der Waals surface area (Å²) < 4.78 is 12.0. The maximum Gasteiger partial charge on any atom is 0.185 e. The van der Waals surface area contributed by atoms with Crippen LogP contribution >= 0.6 is 15.9 Å². The molecule has 0 atom stereocenters. The molecule has 106 valence electrons. The first kappa shape index (κ1) is 12.9. The molecule has 0 saturated carbocycles. The number of aromatic nitrogens is 3. The summed E-state index contributed by atoms with van der Waals surface area (Å²) >= 11 is 3.50. The van der Waals surface area contributed by atoms with Gasteiger partial charge < -0.3 is 14.5 Å². The summed E-state index contributed by atoms with van der Waals surface area (Å²) in [5.74, 6) is 0. The molecule has 4 heterocycles. The van der Waals surface area contributed by atoms with E-state index in [1.807, 2.05) is 24.4 Å². The van der Waals surface area contributed by atoms with Crippen molar-refractivity contribution in [1.82, 2.24) is 15.0 Å². The average molecular weight is 346 g/mol. The van der Waals surface area contributed by atoms with Crippen molar-refractivity contribution in [1.29, 1.82) is 0 Å². The summed E-state index contributed by atoms with van der Waals surface area (Å²) in [7, 11) is 0. The fourth-order valence-electron chi connectivity index (χ4n) is 2.48. The van der Waals surface area contributed by atoms with Crippen LogP contribution in [-0.4, -0.2) is 28.2 Å². The Kier molecular flexibility index (Phi) is 3.21. The van der Waals surface area contributed by atoms with Crippen molar-refractivity contribution in [2.75, 3.05) is 13.2 Å². The number of halogens is 1. The number of nitrogens with zero attached hydrogens (tertiary/aromatic N) is 2. The van der Waals surface area contributed by atoms with E-state index in [4.69, 9.17) is 9.47 Å².